The van der Waals surface area contributed by atoms with Crippen LogP contribution < -0.4 is 4.90 Å². The normalized spacial score (nSPS) is 19.8. The lowest BCUT2D eigenvalue weighted by Crippen LogP contribution is -2.53. The van der Waals surface area contributed by atoms with E-state index >= 15 is 0 Å². The van der Waals surface area contributed by atoms with Gasteiger partial charge in [0.05, 0.1) is 16.3 Å². The van der Waals surface area contributed by atoms with Gasteiger partial charge in [0, 0.05) is 67.1 Å². The highest BCUT2D eigenvalue weighted by Gasteiger charge is 2.36. The maximum absolute atomic E-state index is 13.6. The van der Waals surface area contributed by atoms with E-state index < -0.39 is 10.0 Å². The standard InChI is InChI=1S/C25H26BrFN4O3S/c26-19-4-1-5-21(15-19)35(33,34)31-10-2-3-18(17-31)25(32)30-13-11-29(12-14-30)24-8-9-28-23-16-20(27)6-7-22(23)24/h1,4-9,15-16,18H,2-3,10-14,17H2. The number of carbonyl (C=O) groups excluding carboxylic acids is 1. The third-order valence-electron chi connectivity index (χ3n) is 6.78. The Kier molecular flexibility index (Phi) is 6.78. The first-order valence-corrected chi connectivity index (χ1v) is 13.9. The Morgan fingerprint density at radius 2 is 1.83 bits per heavy atom. The van der Waals surface area contributed by atoms with E-state index in [9.17, 15) is 17.6 Å². The van der Waals surface area contributed by atoms with Crippen LogP contribution in [0, 0.1) is 11.7 Å². The Morgan fingerprint density at radius 1 is 1.03 bits per heavy atom. The van der Waals surface area contributed by atoms with Gasteiger partial charge in [0.15, 0.2) is 0 Å². The number of pyridine rings is 1. The molecule has 3 aromatic rings. The van der Waals surface area contributed by atoms with Crippen LogP contribution in [0.5, 0.6) is 0 Å². The summed E-state index contributed by atoms with van der Waals surface area (Å²) in [4.78, 5) is 21.9. The summed E-state index contributed by atoms with van der Waals surface area (Å²) in [6.45, 7) is 3.03. The monoisotopic (exact) mass is 560 g/mol. The Hall–Kier alpha value is -2.56. The summed E-state index contributed by atoms with van der Waals surface area (Å²) in [5, 5.41) is 0.884. The van der Waals surface area contributed by atoms with Crippen LogP contribution in [0.3, 0.4) is 0 Å². The molecule has 2 aromatic carbocycles. The van der Waals surface area contributed by atoms with Crippen LogP contribution in [0.4, 0.5) is 10.1 Å². The van der Waals surface area contributed by atoms with Crippen molar-refractivity contribution in [2.75, 3.05) is 44.2 Å². The molecule has 1 atom stereocenters. The summed E-state index contributed by atoms with van der Waals surface area (Å²) in [6, 6.07) is 13.2. The molecule has 2 fully saturated rings. The van der Waals surface area contributed by atoms with E-state index in [0.29, 0.717) is 55.6 Å². The van der Waals surface area contributed by atoms with Crippen molar-refractivity contribution in [3.05, 3.63) is 65.0 Å². The fourth-order valence-electron chi connectivity index (χ4n) is 4.95. The minimum Gasteiger partial charge on any atom is -0.367 e. The van der Waals surface area contributed by atoms with E-state index in [2.05, 4.69) is 25.8 Å². The van der Waals surface area contributed by atoms with E-state index in [-0.39, 0.29) is 29.1 Å². The van der Waals surface area contributed by atoms with Crippen molar-refractivity contribution >= 4 is 48.5 Å². The number of sulfonamides is 1. The summed E-state index contributed by atoms with van der Waals surface area (Å²) < 4.78 is 42.1. The number of hydrogen-bond donors (Lipinski definition) is 0. The first kappa shape index (κ1) is 24.1. The topological polar surface area (TPSA) is 73.8 Å². The average Bonchev–Trinajstić information content (AvgIpc) is 2.88. The summed E-state index contributed by atoms with van der Waals surface area (Å²) >= 11 is 3.34. The second kappa shape index (κ2) is 9.83. The van der Waals surface area contributed by atoms with Gasteiger partial charge < -0.3 is 9.80 Å². The summed E-state index contributed by atoms with van der Waals surface area (Å²) in [7, 11) is -3.66. The molecular weight excluding hydrogens is 535 g/mol. The Labute approximate surface area is 212 Å². The number of hydrogen-bond acceptors (Lipinski definition) is 5. The van der Waals surface area contributed by atoms with Crippen molar-refractivity contribution < 1.29 is 17.6 Å². The molecule has 0 aliphatic carbocycles. The average molecular weight is 561 g/mol. The fraction of sp³-hybridized carbons (Fsp3) is 0.360. The summed E-state index contributed by atoms with van der Waals surface area (Å²) in [5.74, 6) is -0.650. The second-order valence-electron chi connectivity index (χ2n) is 8.96. The number of rotatable bonds is 4. The van der Waals surface area contributed by atoms with Crippen LogP contribution in [0.1, 0.15) is 12.8 Å². The number of piperidine rings is 1. The third-order valence-corrected chi connectivity index (χ3v) is 9.14. The van der Waals surface area contributed by atoms with Crippen molar-refractivity contribution in [1.29, 1.82) is 0 Å². The van der Waals surface area contributed by atoms with Crippen LogP contribution in [-0.2, 0) is 14.8 Å². The zero-order valence-corrected chi connectivity index (χ0v) is 21.5. The van der Waals surface area contributed by atoms with Crippen molar-refractivity contribution in [3.8, 4) is 0 Å². The first-order valence-electron chi connectivity index (χ1n) is 11.7. The van der Waals surface area contributed by atoms with Crippen LogP contribution in [-0.4, -0.2) is 67.8 Å². The fourth-order valence-corrected chi connectivity index (χ4v) is 7.07. The van der Waals surface area contributed by atoms with Crippen molar-refractivity contribution in [3.63, 3.8) is 0 Å². The van der Waals surface area contributed by atoms with E-state index in [1.807, 2.05) is 11.0 Å². The molecule has 2 saturated heterocycles. The highest BCUT2D eigenvalue weighted by Crippen LogP contribution is 2.29. The van der Waals surface area contributed by atoms with Gasteiger partial charge in [-0.1, -0.05) is 22.0 Å². The van der Waals surface area contributed by atoms with Gasteiger partial charge in [-0.05, 0) is 49.2 Å². The number of nitrogens with zero attached hydrogens (tertiary/aromatic N) is 4. The van der Waals surface area contributed by atoms with E-state index in [0.717, 1.165) is 11.1 Å². The van der Waals surface area contributed by atoms with Crippen LogP contribution in [0.2, 0.25) is 0 Å². The first-order chi connectivity index (χ1) is 16.8. The Bertz CT molecular complexity index is 1360. The number of fused-ring (bicyclic) bond motifs is 1. The van der Waals surface area contributed by atoms with E-state index in [1.54, 1.807) is 36.5 Å². The predicted molar refractivity (Wildman–Crippen MR) is 136 cm³/mol. The molecule has 0 radical (unpaired) electrons. The lowest BCUT2D eigenvalue weighted by atomic mass is 9.97. The summed E-state index contributed by atoms with van der Waals surface area (Å²) in [5.41, 5.74) is 1.58. The molecule has 2 aliphatic rings. The zero-order valence-electron chi connectivity index (χ0n) is 19.1. The van der Waals surface area contributed by atoms with E-state index in [1.165, 1.54) is 16.4 Å². The Morgan fingerprint density at radius 3 is 2.60 bits per heavy atom. The van der Waals surface area contributed by atoms with Gasteiger partial charge in [0.25, 0.3) is 0 Å². The minimum absolute atomic E-state index is 0.0143. The molecule has 0 N–H and O–H groups in total. The molecule has 1 amide bonds. The van der Waals surface area contributed by atoms with E-state index in [4.69, 9.17) is 0 Å². The third kappa shape index (κ3) is 4.92. The molecule has 35 heavy (non-hydrogen) atoms. The highest BCUT2D eigenvalue weighted by atomic mass is 79.9. The largest absolute Gasteiger partial charge is 0.367 e. The number of aromatic nitrogens is 1. The zero-order chi connectivity index (χ0) is 24.6. The minimum atomic E-state index is -3.66. The van der Waals surface area contributed by atoms with Gasteiger partial charge >= 0.3 is 0 Å². The molecule has 5 rings (SSSR count). The molecule has 2 aliphatic heterocycles. The van der Waals surface area contributed by atoms with Crippen LogP contribution >= 0.6 is 15.9 Å². The maximum atomic E-state index is 13.6. The van der Waals surface area contributed by atoms with Crippen molar-refractivity contribution in [1.82, 2.24) is 14.2 Å². The smallest absolute Gasteiger partial charge is 0.243 e. The molecule has 3 heterocycles. The molecule has 0 saturated carbocycles. The van der Waals surface area contributed by atoms with Crippen LogP contribution in [0.25, 0.3) is 10.9 Å². The molecule has 10 heteroatoms. The lowest BCUT2D eigenvalue weighted by Gasteiger charge is -2.39. The van der Waals surface area contributed by atoms with Gasteiger partial charge in [0.1, 0.15) is 5.82 Å². The molecule has 184 valence electrons. The second-order valence-corrected chi connectivity index (χ2v) is 11.8. The van der Waals surface area contributed by atoms with Crippen molar-refractivity contribution in [2.45, 2.75) is 17.7 Å². The number of carbonyl (C=O) groups is 1. The summed E-state index contributed by atoms with van der Waals surface area (Å²) in [6.07, 6.45) is 3.02. The predicted octanol–water partition coefficient (Wildman–Crippen LogP) is 3.89. The number of amides is 1. The molecule has 1 aromatic heterocycles. The SMILES string of the molecule is O=C(C1CCCN(S(=O)(=O)c2cccc(Br)c2)C1)N1CCN(c2ccnc3cc(F)ccc23)CC1. The van der Waals surface area contributed by atoms with Crippen molar-refractivity contribution in [2.24, 2.45) is 5.92 Å². The molecular formula is C25H26BrFN4O3S. The van der Waals surface area contributed by atoms with Crippen LogP contribution in [0.15, 0.2) is 64.1 Å². The Balaban J connectivity index is 1.25. The molecule has 7 nitrogen and oxygen atoms in total. The molecule has 0 bridgehead atoms. The lowest BCUT2D eigenvalue weighted by molar-refractivity contribution is -0.137. The van der Waals surface area contributed by atoms with Gasteiger partial charge in [-0.2, -0.15) is 4.31 Å². The number of anilines is 1. The quantitative estimate of drug-likeness (QED) is 0.484. The molecule has 1 unspecified atom stereocenters. The van der Waals surface area contributed by atoms with Gasteiger partial charge in [-0.3, -0.25) is 9.78 Å². The molecule has 0 spiro atoms. The number of piperazine rings is 1. The van der Waals surface area contributed by atoms with Gasteiger partial charge in [0.2, 0.25) is 15.9 Å². The number of halogens is 2. The van der Waals surface area contributed by atoms with Gasteiger partial charge in [-0.25, -0.2) is 12.8 Å². The van der Waals surface area contributed by atoms with Gasteiger partial charge in [-0.15, -0.1) is 0 Å². The number of benzene rings is 2. The highest BCUT2D eigenvalue weighted by molar-refractivity contribution is 9.10. The maximum Gasteiger partial charge on any atom is 0.243 e.